The van der Waals surface area contributed by atoms with Crippen LogP contribution in [0, 0.1) is 6.92 Å². The molecule has 0 aliphatic rings. The van der Waals surface area contributed by atoms with E-state index in [1.54, 1.807) is 13.8 Å². The number of ether oxygens (including phenoxy) is 1. The standard InChI is InChI=1S/C14H14F3N3O2/c1-4-22-11(21)6-5-9-7-10(14(15,16)17)13-12(8(9)2)18-19-20(13)3/h5-7H,4H2,1-3H3/b6-5+. The maximum absolute atomic E-state index is 13.2. The largest absolute Gasteiger partial charge is 0.463 e. The number of esters is 1. The van der Waals surface area contributed by atoms with Crippen molar-refractivity contribution in [1.29, 1.82) is 0 Å². The number of nitrogens with zero attached hydrogens (tertiary/aromatic N) is 3. The van der Waals surface area contributed by atoms with Gasteiger partial charge in [-0.2, -0.15) is 13.2 Å². The molecule has 22 heavy (non-hydrogen) atoms. The molecule has 0 fully saturated rings. The van der Waals surface area contributed by atoms with Crippen molar-refractivity contribution in [2.24, 2.45) is 7.05 Å². The minimum Gasteiger partial charge on any atom is -0.463 e. The maximum atomic E-state index is 13.2. The zero-order chi connectivity index (χ0) is 16.5. The van der Waals surface area contributed by atoms with E-state index in [1.807, 2.05) is 0 Å². The highest BCUT2D eigenvalue weighted by atomic mass is 19.4. The third-order valence-electron chi connectivity index (χ3n) is 3.16. The number of rotatable bonds is 3. The number of alkyl halides is 3. The normalized spacial score (nSPS) is 12.3. The number of hydrogen-bond donors (Lipinski definition) is 0. The van der Waals surface area contributed by atoms with Gasteiger partial charge < -0.3 is 4.74 Å². The number of carbonyl (C=O) groups is 1. The summed E-state index contributed by atoms with van der Waals surface area (Å²) in [5, 5.41) is 7.43. The van der Waals surface area contributed by atoms with Crippen molar-refractivity contribution in [2.45, 2.75) is 20.0 Å². The molecule has 2 aromatic rings. The van der Waals surface area contributed by atoms with E-state index in [0.29, 0.717) is 5.56 Å². The summed E-state index contributed by atoms with van der Waals surface area (Å²) in [4.78, 5) is 11.3. The van der Waals surface area contributed by atoms with Crippen LogP contribution >= 0.6 is 0 Å². The quantitative estimate of drug-likeness (QED) is 0.646. The second-order valence-corrected chi connectivity index (χ2v) is 4.63. The lowest BCUT2D eigenvalue weighted by Gasteiger charge is -2.12. The van der Waals surface area contributed by atoms with Crippen molar-refractivity contribution in [3.63, 3.8) is 0 Å². The van der Waals surface area contributed by atoms with Gasteiger partial charge in [-0.3, -0.25) is 0 Å². The van der Waals surface area contributed by atoms with Crippen LogP contribution in [0.2, 0.25) is 0 Å². The Morgan fingerprint density at radius 2 is 2.14 bits per heavy atom. The number of fused-ring (bicyclic) bond motifs is 1. The van der Waals surface area contributed by atoms with Gasteiger partial charge in [-0.15, -0.1) is 5.10 Å². The number of aromatic nitrogens is 3. The summed E-state index contributed by atoms with van der Waals surface area (Å²) in [6.45, 7) is 3.46. The van der Waals surface area contributed by atoms with Crippen molar-refractivity contribution >= 4 is 23.1 Å². The molecular formula is C14H14F3N3O2. The van der Waals surface area contributed by atoms with E-state index in [4.69, 9.17) is 4.74 Å². The van der Waals surface area contributed by atoms with E-state index >= 15 is 0 Å². The monoisotopic (exact) mass is 313 g/mol. The first-order chi connectivity index (χ1) is 10.3. The predicted octanol–water partition coefficient (Wildman–Crippen LogP) is 2.87. The Labute approximate surface area is 124 Å². The zero-order valence-corrected chi connectivity index (χ0v) is 12.2. The molecule has 0 aliphatic carbocycles. The predicted molar refractivity (Wildman–Crippen MR) is 73.9 cm³/mol. The number of benzene rings is 1. The molecule has 0 atom stereocenters. The molecule has 1 aromatic heterocycles. The summed E-state index contributed by atoms with van der Waals surface area (Å²) in [7, 11) is 1.40. The molecule has 0 bridgehead atoms. The fourth-order valence-corrected chi connectivity index (χ4v) is 2.12. The first kappa shape index (κ1) is 16.0. The van der Waals surface area contributed by atoms with Crippen LogP contribution in [-0.2, 0) is 22.8 Å². The second-order valence-electron chi connectivity index (χ2n) is 4.63. The van der Waals surface area contributed by atoms with E-state index < -0.39 is 17.7 Å². The molecule has 0 saturated heterocycles. The third kappa shape index (κ3) is 2.95. The number of aryl methyl sites for hydroxylation is 2. The van der Waals surface area contributed by atoms with Crippen LogP contribution < -0.4 is 0 Å². The Morgan fingerprint density at radius 1 is 1.45 bits per heavy atom. The molecule has 0 spiro atoms. The molecule has 1 heterocycles. The van der Waals surface area contributed by atoms with Crippen LogP contribution in [0.25, 0.3) is 17.1 Å². The summed E-state index contributed by atoms with van der Waals surface area (Å²) in [6.07, 6.45) is -2.17. The summed E-state index contributed by atoms with van der Waals surface area (Å²) in [5.74, 6) is -0.616. The molecule has 118 valence electrons. The molecule has 2 rings (SSSR count). The summed E-state index contributed by atoms with van der Waals surface area (Å²) < 4.78 is 45.5. The average Bonchev–Trinajstić information content (AvgIpc) is 2.80. The van der Waals surface area contributed by atoms with E-state index in [-0.39, 0.29) is 23.2 Å². The molecule has 5 nitrogen and oxygen atoms in total. The summed E-state index contributed by atoms with van der Waals surface area (Å²) in [6, 6.07) is 0.983. The summed E-state index contributed by atoms with van der Waals surface area (Å²) >= 11 is 0. The molecule has 0 unspecified atom stereocenters. The van der Waals surface area contributed by atoms with Crippen molar-refractivity contribution in [3.8, 4) is 0 Å². The molecule has 0 N–H and O–H groups in total. The van der Waals surface area contributed by atoms with Crippen molar-refractivity contribution in [3.05, 3.63) is 28.8 Å². The van der Waals surface area contributed by atoms with Gasteiger partial charge in [0.15, 0.2) is 0 Å². The Hall–Kier alpha value is -2.38. The smallest absolute Gasteiger partial charge is 0.418 e. The number of hydrogen-bond acceptors (Lipinski definition) is 4. The lowest BCUT2D eigenvalue weighted by Crippen LogP contribution is -2.09. The Bertz CT molecular complexity index is 748. The number of halogens is 3. The van der Waals surface area contributed by atoms with Crippen LogP contribution in [0.15, 0.2) is 12.1 Å². The zero-order valence-electron chi connectivity index (χ0n) is 12.2. The van der Waals surface area contributed by atoms with Crippen molar-refractivity contribution < 1.29 is 22.7 Å². The molecule has 8 heteroatoms. The van der Waals surface area contributed by atoms with Gasteiger partial charge >= 0.3 is 12.1 Å². The van der Waals surface area contributed by atoms with Gasteiger partial charge in [-0.25, -0.2) is 9.48 Å². The van der Waals surface area contributed by atoms with Gasteiger partial charge in [-0.1, -0.05) is 5.21 Å². The fourth-order valence-electron chi connectivity index (χ4n) is 2.12. The first-order valence-electron chi connectivity index (χ1n) is 6.50. The van der Waals surface area contributed by atoms with E-state index in [0.717, 1.165) is 16.8 Å². The highest BCUT2D eigenvalue weighted by Crippen LogP contribution is 2.36. The van der Waals surface area contributed by atoms with E-state index in [2.05, 4.69) is 10.3 Å². The minimum absolute atomic E-state index is 0.0849. The van der Waals surface area contributed by atoms with Gasteiger partial charge in [0.25, 0.3) is 0 Å². The van der Waals surface area contributed by atoms with Crippen LogP contribution in [0.4, 0.5) is 13.2 Å². The minimum atomic E-state index is -4.55. The maximum Gasteiger partial charge on any atom is 0.418 e. The number of carbonyl (C=O) groups excluding carboxylic acids is 1. The molecule has 0 aliphatic heterocycles. The lowest BCUT2D eigenvalue weighted by atomic mass is 10.0. The average molecular weight is 313 g/mol. The molecule has 0 saturated carbocycles. The summed E-state index contributed by atoms with van der Waals surface area (Å²) in [5.41, 5.74) is -0.0201. The van der Waals surface area contributed by atoms with E-state index in [1.165, 1.54) is 13.1 Å². The highest BCUT2D eigenvalue weighted by molar-refractivity contribution is 5.90. The van der Waals surface area contributed by atoms with Crippen molar-refractivity contribution in [1.82, 2.24) is 15.0 Å². The van der Waals surface area contributed by atoms with Gasteiger partial charge in [-0.05, 0) is 37.1 Å². The fraction of sp³-hybridized carbons (Fsp3) is 0.357. The van der Waals surface area contributed by atoms with Gasteiger partial charge in [0.1, 0.15) is 11.0 Å². The van der Waals surface area contributed by atoms with Crippen LogP contribution in [0.5, 0.6) is 0 Å². The Kier molecular flexibility index (Phi) is 4.20. The topological polar surface area (TPSA) is 57.0 Å². The third-order valence-corrected chi connectivity index (χ3v) is 3.16. The van der Waals surface area contributed by atoms with Crippen LogP contribution in [0.1, 0.15) is 23.6 Å². The van der Waals surface area contributed by atoms with E-state index in [9.17, 15) is 18.0 Å². The van der Waals surface area contributed by atoms with Crippen molar-refractivity contribution in [2.75, 3.05) is 6.61 Å². The van der Waals surface area contributed by atoms with Gasteiger partial charge in [0.05, 0.1) is 12.2 Å². The molecular weight excluding hydrogens is 299 g/mol. The van der Waals surface area contributed by atoms with Crippen LogP contribution in [0.3, 0.4) is 0 Å². The Morgan fingerprint density at radius 3 is 2.73 bits per heavy atom. The van der Waals surface area contributed by atoms with Gasteiger partial charge in [0.2, 0.25) is 0 Å². The van der Waals surface area contributed by atoms with Gasteiger partial charge in [0, 0.05) is 13.1 Å². The molecule has 0 radical (unpaired) electrons. The SMILES string of the molecule is CCOC(=O)/C=C/c1cc(C(F)(F)F)c2c(nnn2C)c1C. The lowest BCUT2D eigenvalue weighted by molar-refractivity contribution is -0.137. The molecule has 1 aromatic carbocycles. The van der Waals surface area contributed by atoms with Crippen LogP contribution in [-0.4, -0.2) is 27.6 Å². The first-order valence-corrected chi connectivity index (χ1v) is 6.50. The molecule has 0 amide bonds. The second kappa shape index (κ2) is 5.78. The highest BCUT2D eigenvalue weighted by Gasteiger charge is 2.35. The Balaban J connectivity index is 2.62.